The van der Waals surface area contributed by atoms with Crippen LogP contribution in [0.25, 0.3) is 5.03 Å². The largest absolute Gasteiger partial charge is 0.496 e. The lowest BCUT2D eigenvalue weighted by Crippen LogP contribution is -1.87. The molecule has 0 bridgehead atoms. The Hall–Kier alpha value is -1.46. The molecule has 3 heteroatoms. The van der Waals surface area contributed by atoms with Crippen molar-refractivity contribution in [3.05, 3.63) is 35.9 Å². The number of methoxy groups -OCH3 is 1. The lowest BCUT2D eigenvalue weighted by atomic mass is 10.2. The summed E-state index contributed by atoms with van der Waals surface area (Å²) < 4.78 is 5.08. The molecule has 0 saturated carbocycles. The topological polar surface area (TPSA) is 33.0 Å². The smallest absolute Gasteiger partial charge is 0.127 e. The van der Waals surface area contributed by atoms with Crippen molar-refractivity contribution in [1.29, 1.82) is 5.26 Å². The van der Waals surface area contributed by atoms with Gasteiger partial charge in [-0.2, -0.15) is 5.26 Å². The normalized spacial score (nSPS) is 10.7. The van der Waals surface area contributed by atoms with Gasteiger partial charge >= 0.3 is 0 Å². The molecule has 1 rings (SSSR count). The van der Waals surface area contributed by atoms with Crippen molar-refractivity contribution < 1.29 is 4.74 Å². The summed E-state index contributed by atoms with van der Waals surface area (Å²) >= 11 is 5.85. The highest BCUT2D eigenvalue weighted by molar-refractivity contribution is 6.49. The average Bonchev–Trinajstić information content (AvgIpc) is 2.18. The number of hydrogen-bond donors (Lipinski definition) is 0. The molecule has 0 saturated heterocycles. The predicted octanol–water partition coefficient (Wildman–Crippen LogP) is 2.80. The van der Waals surface area contributed by atoms with Crippen molar-refractivity contribution in [3.63, 3.8) is 0 Å². The predicted molar refractivity (Wildman–Crippen MR) is 52.4 cm³/mol. The van der Waals surface area contributed by atoms with Gasteiger partial charge in [0.2, 0.25) is 0 Å². The number of allylic oxidation sites excluding steroid dienone is 1. The highest BCUT2D eigenvalue weighted by Crippen LogP contribution is 2.27. The van der Waals surface area contributed by atoms with Crippen LogP contribution in [0.3, 0.4) is 0 Å². The molecule has 0 unspecified atom stereocenters. The van der Waals surface area contributed by atoms with Gasteiger partial charge in [0.1, 0.15) is 5.75 Å². The molecule has 0 radical (unpaired) electrons. The Balaban J connectivity index is 3.15. The van der Waals surface area contributed by atoms with E-state index in [1.807, 2.05) is 18.2 Å². The molecule has 2 nitrogen and oxygen atoms in total. The van der Waals surface area contributed by atoms with E-state index in [2.05, 4.69) is 0 Å². The molecule has 1 aromatic rings. The molecule has 0 aromatic heterocycles. The fourth-order valence-electron chi connectivity index (χ4n) is 0.976. The minimum absolute atomic E-state index is 0.389. The number of para-hydroxylation sites is 1. The average molecular weight is 194 g/mol. The second-order valence-corrected chi connectivity index (χ2v) is 2.73. The molecular weight excluding hydrogens is 186 g/mol. The molecule has 66 valence electrons. The van der Waals surface area contributed by atoms with E-state index >= 15 is 0 Å². The molecule has 0 N–H and O–H groups in total. The molecule has 1 aromatic carbocycles. The summed E-state index contributed by atoms with van der Waals surface area (Å²) in [5.74, 6) is 0.666. The first-order valence-corrected chi connectivity index (χ1v) is 4.06. The van der Waals surface area contributed by atoms with Crippen LogP contribution in [-0.2, 0) is 0 Å². The highest BCUT2D eigenvalue weighted by Gasteiger charge is 2.03. The number of rotatable bonds is 2. The van der Waals surface area contributed by atoms with Gasteiger partial charge in [0.25, 0.3) is 0 Å². The maximum absolute atomic E-state index is 8.41. The molecule has 0 fully saturated rings. The minimum atomic E-state index is 0.389. The number of nitrogens with zero attached hydrogens (tertiary/aromatic N) is 1. The molecule has 0 aliphatic rings. The third kappa shape index (κ3) is 2.24. The van der Waals surface area contributed by atoms with Crippen LogP contribution < -0.4 is 4.74 Å². The second-order valence-electron chi connectivity index (χ2n) is 2.32. The summed E-state index contributed by atoms with van der Waals surface area (Å²) in [6.07, 6.45) is 1.28. The first-order chi connectivity index (χ1) is 6.29. The monoisotopic (exact) mass is 193 g/mol. The van der Waals surface area contributed by atoms with E-state index in [1.165, 1.54) is 6.08 Å². The number of ether oxygens (including phenoxy) is 1. The van der Waals surface area contributed by atoms with E-state index in [1.54, 1.807) is 19.2 Å². The van der Waals surface area contributed by atoms with Gasteiger partial charge in [-0.3, -0.25) is 0 Å². The van der Waals surface area contributed by atoms with Crippen molar-refractivity contribution in [2.24, 2.45) is 0 Å². The third-order valence-corrected chi connectivity index (χ3v) is 1.87. The molecule has 0 aliphatic heterocycles. The van der Waals surface area contributed by atoms with Crippen molar-refractivity contribution >= 4 is 16.6 Å². The maximum Gasteiger partial charge on any atom is 0.127 e. The Labute approximate surface area is 82.0 Å². The molecule has 0 spiro atoms. The van der Waals surface area contributed by atoms with E-state index in [-0.39, 0.29) is 0 Å². The zero-order valence-electron chi connectivity index (χ0n) is 7.12. The number of benzene rings is 1. The minimum Gasteiger partial charge on any atom is -0.496 e. The Kier molecular flexibility index (Phi) is 3.36. The summed E-state index contributed by atoms with van der Waals surface area (Å²) in [5, 5.41) is 8.80. The van der Waals surface area contributed by atoms with Crippen LogP contribution in [0.5, 0.6) is 5.75 Å². The van der Waals surface area contributed by atoms with E-state index in [9.17, 15) is 0 Å². The fraction of sp³-hybridized carbons (Fsp3) is 0.100. The van der Waals surface area contributed by atoms with Gasteiger partial charge in [0, 0.05) is 11.6 Å². The van der Waals surface area contributed by atoms with Crippen molar-refractivity contribution in [2.75, 3.05) is 7.11 Å². The molecule has 0 heterocycles. The van der Waals surface area contributed by atoms with Crippen LogP contribution in [0.15, 0.2) is 30.3 Å². The second kappa shape index (κ2) is 4.54. The summed E-state index contributed by atoms with van der Waals surface area (Å²) in [4.78, 5) is 0. The van der Waals surface area contributed by atoms with Crippen LogP contribution in [0.4, 0.5) is 0 Å². The standard InChI is InChI=1S/C10H8ClNO/c1-13-10-5-3-2-4-8(10)9(11)6-7-12/h2-6H,1H3/b9-6-. The maximum atomic E-state index is 8.41. The van der Waals surface area contributed by atoms with Crippen molar-refractivity contribution in [1.82, 2.24) is 0 Å². The van der Waals surface area contributed by atoms with Crippen LogP contribution >= 0.6 is 11.6 Å². The van der Waals surface area contributed by atoms with E-state index < -0.39 is 0 Å². The van der Waals surface area contributed by atoms with Crippen LogP contribution in [0.2, 0.25) is 0 Å². The quantitative estimate of drug-likeness (QED) is 0.677. The molecule has 0 amide bonds. The Morgan fingerprint density at radius 3 is 2.85 bits per heavy atom. The highest BCUT2D eigenvalue weighted by atomic mass is 35.5. The van der Waals surface area contributed by atoms with E-state index in [0.717, 1.165) is 5.56 Å². The zero-order valence-corrected chi connectivity index (χ0v) is 7.88. The van der Waals surface area contributed by atoms with Gasteiger partial charge in [-0.05, 0) is 12.1 Å². The first kappa shape index (κ1) is 9.63. The SMILES string of the molecule is COc1ccccc1/C(Cl)=C/C#N. The summed E-state index contributed by atoms with van der Waals surface area (Å²) in [6, 6.07) is 9.15. The first-order valence-electron chi connectivity index (χ1n) is 3.68. The number of nitriles is 1. The van der Waals surface area contributed by atoms with Gasteiger partial charge in [-0.1, -0.05) is 23.7 Å². The van der Waals surface area contributed by atoms with Crippen LogP contribution in [0, 0.1) is 11.3 Å². The van der Waals surface area contributed by atoms with Gasteiger partial charge < -0.3 is 4.74 Å². The van der Waals surface area contributed by atoms with E-state index in [4.69, 9.17) is 21.6 Å². The summed E-state index contributed by atoms with van der Waals surface area (Å²) in [6.45, 7) is 0. The molecular formula is C10H8ClNO. The van der Waals surface area contributed by atoms with Crippen LogP contribution in [0.1, 0.15) is 5.56 Å². The van der Waals surface area contributed by atoms with Gasteiger partial charge in [0.15, 0.2) is 0 Å². The lowest BCUT2D eigenvalue weighted by molar-refractivity contribution is 0.413. The van der Waals surface area contributed by atoms with Gasteiger partial charge in [-0.15, -0.1) is 0 Å². The van der Waals surface area contributed by atoms with Crippen molar-refractivity contribution in [3.8, 4) is 11.8 Å². The lowest BCUT2D eigenvalue weighted by Gasteiger charge is -2.05. The third-order valence-electron chi connectivity index (χ3n) is 1.56. The number of hydrogen-bond acceptors (Lipinski definition) is 2. The molecule has 0 atom stereocenters. The summed E-state index contributed by atoms with van der Waals surface area (Å²) in [7, 11) is 1.56. The Bertz CT molecular complexity index is 365. The van der Waals surface area contributed by atoms with Gasteiger partial charge in [-0.25, -0.2) is 0 Å². The number of halogens is 1. The Morgan fingerprint density at radius 2 is 2.23 bits per heavy atom. The van der Waals surface area contributed by atoms with Crippen LogP contribution in [-0.4, -0.2) is 7.11 Å². The molecule has 0 aliphatic carbocycles. The van der Waals surface area contributed by atoms with Gasteiger partial charge in [0.05, 0.1) is 18.2 Å². The molecule has 13 heavy (non-hydrogen) atoms. The zero-order chi connectivity index (χ0) is 9.68. The van der Waals surface area contributed by atoms with Crippen molar-refractivity contribution in [2.45, 2.75) is 0 Å². The fourth-order valence-corrected chi connectivity index (χ4v) is 1.18. The summed E-state index contributed by atoms with van der Waals surface area (Å²) in [5.41, 5.74) is 0.730. The van der Waals surface area contributed by atoms with E-state index in [0.29, 0.717) is 10.8 Å². The Morgan fingerprint density at radius 1 is 1.54 bits per heavy atom.